The molecule has 0 fully saturated rings. The summed E-state index contributed by atoms with van der Waals surface area (Å²) in [7, 11) is -3.12. The first-order chi connectivity index (χ1) is 3.66. The Hall–Kier alpha value is -0.600. The van der Waals surface area contributed by atoms with Gasteiger partial charge in [-0.1, -0.05) is 6.58 Å². The highest BCUT2D eigenvalue weighted by Gasteiger charge is 1.96. The van der Waals surface area contributed by atoms with Crippen LogP contribution in [0.15, 0.2) is 12.7 Å². The molecule has 0 spiro atoms. The van der Waals surface area contributed by atoms with Crippen LogP contribution in [0.5, 0.6) is 0 Å². The molecule has 0 aromatic heterocycles. The summed E-state index contributed by atoms with van der Waals surface area (Å²) in [4.78, 5) is 17.9. The molecule has 0 aromatic carbocycles. The zero-order chi connectivity index (χ0) is 6.57. The van der Waals surface area contributed by atoms with Gasteiger partial charge >= 0.3 is 14.2 Å². The van der Waals surface area contributed by atoms with Crippen LogP contribution in [0, 0.1) is 0 Å². The first-order valence-corrected chi connectivity index (χ1v) is 3.00. The molecule has 0 aliphatic heterocycles. The Morgan fingerprint density at radius 2 is 2.38 bits per heavy atom. The minimum atomic E-state index is -3.12. The predicted octanol–water partition coefficient (Wildman–Crippen LogP) is 0.0976. The highest BCUT2D eigenvalue weighted by atomic mass is 31.1. The number of hydrogen-bond acceptors (Lipinski definition) is 3. The van der Waals surface area contributed by atoms with Gasteiger partial charge in [-0.05, 0) is 0 Å². The van der Waals surface area contributed by atoms with Gasteiger partial charge in [0.25, 0.3) is 0 Å². The smallest absolute Gasteiger partial charge is 0.367 e. The number of hydrogen-bond donors (Lipinski definition) is 1. The van der Waals surface area contributed by atoms with Crippen molar-refractivity contribution >= 4 is 14.2 Å². The zero-order valence-electron chi connectivity index (χ0n) is 3.96. The van der Waals surface area contributed by atoms with Crippen LogP contribution in [0.2, 0.25) is 0 Å². The summed E-state index contributed by atoms with van der Waals surface area (Å²) in [5, 5.41) is 0. The lowest BCUT2D eigenvalue weighted by molar-refractivity contribution is -0.128. The second-order valence-electron chi connectivity index (χ2n) is 0.891. The van der Waals surface area contributed by atoms with Crippen molar-refractivity contribution in [2.24, 2.45) is 0 Å². The SMILES string of the molecule is C=CC(=O)O[PH](=O)O. The van der Waals surface area contributed by atoms with Gasteiger partial charge in [0.2, 0.25) is 0 Å². The van der Waals surface area contributed by atoms with E-state index in [9.17, 15) is 9.36 Å². The molecule has 0 aromatic rings. The van der Waals surface area contributed by atoms with Gasteiger partial charge in [-0.25, -0.2) is 9.36 Å². The summed E-state index contributed by atoms with van der Waals surface area (Å²) >= 11 is 0. The van der Waals surface area contributed by atoms with Crippen LogP contribution in [-0.2, 0) is 13.9 Å². The molecule has 1 unspecified atom stereocenters. The largest absolute Gasteiger partial charge is 0.390 e. The molecule has 0 rings (SSSR count). The topological polar surface area (TPSA) is 63.6 Å². The van der Waals surface area contributed by atoms with E-state index < -0.39 is 14.2 Å². The van der Waals surface area contributed by atoms with Crippen molar-refractivity contribution in [3.05, 3.63) is 12.7 Å². The molecule has 0 aliphatic rings. The maximum absolute atomic E-state index is 9.95. The first-order valence-electron chi connectivity index (χ1n) is 1.74. The molecule has 0 radical (unpaired) electrons. The normalized spacial score (nSPS) is 12.1. The minimum absolute atomic E-state index is 0.818. The Labute approximate surface area is 46.7 Å². The van der Waals surface area contributed by atoms with Crippen LogP contribution < -0.4 is 0 Å². The molecule has 1 atom stereocenters. The second-order valence-corrected chi connectivity index (χ2v) is 1.63. The highest BCUT2D eigenvalue weighted by molar-refractivity contribution is 7.32. The van der Waals surface area contributed by atoms with Gasteiger partial charge in [0.05, 0.1) is 0 Å². The number of carbonyl (C=O) groups is 1. The Morgan fingerprint density at radius 3 is 2.50 bits per heavy atom. The van der Waals surface area contributed by atoms with Gasteiger partial charge in [-0.3, -0.25) is 0 Å². The molecular formula is C3H5O4P. The van der Waals surface area contributed by atoms with Gasteiger partial charge in [0, 0.05) is 6.08 Å². The molecule has 0 bridgehead atoms. The molecule has 0 aliphatic carbocycles. The Kier molecular flexibility index (Phi) is 3.15. The van der Waals surface area contributed by atoms with Gasteiger partial charge < -0.3 is 9.42 Å². The lowest BCUT2D eigenvalue weighted by atomic mass is 10.7. The maximum Gasteiger partial charge on any atom is 0.367 e. The first kappa shape index (κ1) is 7.40. The summed E-state index contributed by atoms with van der Waals surface area (Å²) in [6.45, 7) is 3.01. The van der Waals surface area contributed by atoms with Crippen molar-refractivity contribution in [3.63, 3.8) is 0 Å². The van der Waals surface area contributed by atoms with E-state index in [1.165, 1.54) is 0 Å². The summed E-state index contributed by atoms with van der Waals surface area (Å²) < 4.78 is 13.4. The molecule has 8 heavy (non-hydrogen) atoms. The minimum Gasteiger partial charge on any atom is -0.390 e. The van der Waals surface area contributed by atoms with Gasteiger partial charge in [0.1, 0.15) is 0 Å². The van der Waals surface area contributed by atoms with Crippen LogP contribution in [0.3, 0.4) is 0 Å². The van der Waals surface area contributed by atoms with E-state index in [0.29, 0.717) is 0 Å². The van der Waals surface area contributed by atoms with Crippen LogP contribution in [-0.4, -0.2) is 10.9 Å². The molecule has 1 N–H and O–H groups in total. The van der Waals surface area contributed by atoms with E-state index in [0.717, 1.165) is 6.08 Å². The van der Waals surface area contributed by atoms with Crippen LogP contribution in [0.4, 0.5) is 0 Å². The lowest BCUT2D eigenvalue weighted by Crippen LogP contribution is -1.89. The zero-order valence-corrected chi connectivity index (χ0v) is 4.96. The third-order valence-electron chi connectivity index (χ3n) is 0.355. The average molecular weight is 136 g/mol. The standard InChI is InChI=1S/C3H5O4P/c1-2-3(4)7-8(5)6/h2,8H,1H2,(H,5,6). The second kappa shape index (κ2) is 3.41. The molecule has 4 nitrogen and oxygen atoms in total. The Morgan fingerprint density at radius 1 is 1.88 bits per heavy atom. The third kappa shape index (κ3) is 3.59. The Balaban J connectivity index is 3.55. The molecule has 5 heteroatoms. The summed E-state index contributed by atoms with van der Waals surface area (Å²) in [5.74, 6) is -0.878. The molecule has 0 saturated carbocycles. The molecular weight excluding hydrogens is 131 g/mol. The highest BCUT2D eigenvalue weighted by Crippen LogP contribution is 2.13. The summed E-state index contributed by atoms with van der Waals surface area (Å²) in [6.07, 6.45) is 0.818. The lowest BCUT2D eigenvalue weighted by Gasteiger charge is -1.90. The molecule has 0 saturated heterocycles. The van der Waals surface area contributed by atoms with Crippen molar-refractivity contribution in [1.29, 1.82) is 0 Å². The van der Waals surface area contributed by atoms with Crippen LogP contribution >= 0.6 is 8.25 Å². The monoisotopic (exact) mass is 136 g/mol. The van der Waals surface area contributed by atoms with Gasteiger partial charge in [-0.2, -0.15) is 0 Å². The fourth-order valence-electron chi connectivity index (χ4n) is 0.128. The van der Waals surface area contributed by atoms with E-state index in [4.69, 9.17) is 4.89 Å². The summed E-state index contributed by atoms with van der Waals surface area (Å²) in [5.41, 5.74) is 0. The molecule has 0 heterocycles. The van der Waals surface area contributed by atoms with Gasteiger partial charge in [-0.15, -0.1) is 0 Å². The van der Waals surface area contributed by atoms with Crippen molar-refractivity contribution in [3.8, 4) is 0 Å². The van der Waals surface area contributed by atoms with E-state index in [1.54, 1.807) is 0 Å². The Bertz CT molecular complexity index is 129. The third-order valence-corrected chi connectivity index (χ3v) is 0.730. The van der Waals surface area contributed by atoms with Crippen molar-refractivity contribution < 1.29 is 18.8 Å². The van der Waals surface area contributed by atoms with Crippen molar-refractivity contribution in [1.82, 2.24) is 0 Å². The van der Waals surface area contributed by atoms with E-state index >= 15 is 0 Å². The number of carbonyl (C=O) groups excluding carboxylic acids is 1. The molecule has 46 valence electrons. The molecule has 0 amide bonds. The quantitative estimate of drug-likeness (QED) is 0.431. The van der Waals surface area contributed by atoms with E-state index in [-0.39, 0.29) is 0 Å². The van der Waals surface area contributed by atoms with Gasteiger partial charge in [0.15, 0.2) is 0 Å². The van der Waals surface area contributed by atoms with Crippen molar-refractivity contribution in [2.75, 3.05) is 0 Å². The van der Waals surface area contributed by atoms with E-state index in [2.05, 4.69) is 11.1 Å². The van der Waals surface area contributed by atoms with E-state index in [1.807, 2.05) is 0 Å². The predicted molar refractivity (Wildman–Crippen MR) is 27.5 cm³/mol. The fraction of sp³-hybridized carbons (Fsp3) is 0. The average Bonchev–Trinajstić information content (AvgIpc) is 1.65. The maximum atomic E-state index is 9.95. The van der Waals surface area contributed by atoms with Crippen LogP contribution in [0.1, 0.15) is 0 Å². The summed E-state index contributed by atoms with van der Waals surface area (Å²) in [6, 6.07) is 0. The fourth-order valence-corrected chi connectivity index (χ4v) is 0.383. The van der Waals surface area contributed by atoms with Crippen molar-refractivity contribution in [2.45, 2.75) is 0 Å². The van der Waals surface area contributed by atoms with Crippen LogP contribution in [0.25, 0.3) is 0 Å². The number of rotatable bonds is 2.